The molecule has 86 valence electrons. The number of rotatable bonds is 4. The standard InChI is InChI=1S/C6H12O.C5H13NO/c1-5(2)6(3)4-7;1-4(2)5(6)3-7/h4-6H,1-3H3;4-5,7H,3,6H2,1-2H3/t6-;5-/m11/s1. The van der Waals surface area contributed by atoms with Crippen molar-refractivity contribution >= 4 is 6.29 Å². The quantitative estimate of drug-likeness (QED) is 0.680. The molecule has 14 heavy (non-hydrogen) atoms. The third kappa shape index (κ3) is 9.68. The van der Waals surface area contributed by atoms with Crippen LogP contribution in [0.2, 0.25) is 0 Å². The molecule has 0 aliphatic heterocycles. The summed E-state index contributed by atoms with van der Waals surface area (Å²) in [5.41, 5.74) is 5.37. The van der Waals surface area contributed by atoms with Crippen LogP contribution in [0.5, 0.6) is 0 Å². The molecule has 0 spiro atoms. The summed E-state index contributed by atoms with van der Waals surface area (Å²) in [6.45, 7) is 10.1. The average Bonchev–Trinajstić information content (AvgIpc) is 2.15. The molecule has 0 unspecified atom stereocenters. The molecule has 0 radical (unpaired) electrons. The molecule has 3 nitrogen and oxygen atoms in total. The Hall–Kier alpha value is -0.410. The molecule has 0 aromatic carbocycles. The van der Waals surface area contributed by atoms with Gasteiger partial charge in [-0.15, -0.1) is 0 Å². The maximum Gasteiger partial charge on any atom is 0.123 e. The number of aliphatic hydroxyl groups excluding tert-OH is 1. The van der Waals surface area contributed by atoms with Gasteiger partial charge in [-0.2, -0.15) is 0 Å². The van der Waals surface area contributed by atoms with E-state index in [-0.39, 0.29) is 18.6 Å². The maximum atomic E-state index is 9.95. The van der Waals surface area contributed by atoms with Crippen LogP contribution in [-0.2, 0) is 4.79 Å². The number of nitrogens with two attached hydrogens (primary N) is 1. The van der Waals surface area contributed by atoms with Crippen molar-refractivity contribution in [2.75, 3.05) is 6.61 Å². The number of aldehydes is 1. The molecule has 0 amide bonds. The van der Waals surface area contributed by atoms with E-state index in [9.17, 15) is 4.79 Å². The van der Waals surface area contributed by atoms with Gasteiger partial charge in [-0.05, 0) is 11.8 Å². The number of aliphatic hydroxyl groups is 1. The Morgan fingerprint density at radius 1 is 1.14 bits per heavy atom. The fourth-order valence-electron chi connectivity index (χ4n) is 0.368. The molecule has 0 bridgehead atoms. The molecule has 3 N–H and O–H groups in total. The van der Waals surface area contributed by atoms with Gasteiger partial charge in [0.05, 0.1) is 6.61 Å². The predicted octanol–water partition coefficient (Wildman–Crippen LogP) is 1.44. The van der Waals surface area contributed by atoms with Gasteiger partial charge in [0.2, 0.25) is 0 Å². The first kappa shape index (κ1) is 16.0. The number of hydrogen-bond acceptors (Lipinski definition) is 3. The zero-order valence-electron chi connectivity index (χ0n) is 10.0. The Morgan fingerprint density at radius 3 is 1.57 bits per heavy atom. The van der Waals surface area contributed by atoms with Gasteiger partial charge in [0, 0.05) is 12.0 Å². The van der Waals surface area contributed by atoms with Crippen molar-refractivity contribution in [3.63, 3.8) is 0 Å². The van der Waals surface area contributed by atoms with Gasteiger partial charge in [0.1, 0.15) is 6.29 Å². The van der Waals surface area contributed by atoms with Crippen LogP contribution < -0.4 is 5.73 Å². The molecule has 0 aliphatic carbocycles. The SMILES string of the molecule is CC(C)[C@H](C)C=O.CC(C)[C@H](N)CO. The first-order valence-corrected chi connectivity index (χ1v) is 5.18. The van der Waals surface area contributed by atoms with Crippen molar-refractivity contribution in [1.29, 1.82) is 0 Å². The minimum absolute atomic E-state index is 0.0417. The summed E-state index contributed by atoms with van der Waals surface area (Å²) < 4.78 is 0. The van der Waals surface area contributed by atoms with Crippen LogP contribution in [0, 0.1) is 17.8 Å². The maximum absolute atomic E-state index is 9.95. The summed E-state index contributed by atoms with van der Waals surface area (Å²) in [4.78, 5) is 9.95. The summed E-state index contributed by atoms with van der Waals surface area (Å²) in [6.07, 6.45) is 0.991. The minimum atomic E-state index is -0.0417. The van der Waals surface area contributed by atoms with E-state index in [1.165, 1.54) is 0 Å². The van der Waals surface area contributed by atoms with Crippen molar-refractivity contribution < 1.29 is 9.90 Å². The Balaban J connectivity index is 0. The van der Waals surface area contributed by atoms with Crippen LogP contribution >= 0.6 is 0 Å². The zero-order valence-corrected chi connectivity index (χ0v) is 10.0. The fraction of sp³-hybridized carbons (Fsp3) is 0.909. The number of carbonyl (C=O) groups excluding carboxylic acids is 1. The number of carbonyl (C=O) groups is 1. The second-order valence-electron chi connectivity index (χ2n) is 4.33. The van der Waals surface area contributed by atoms with Gasteiger partial charge in [0.25, 0.3) is 0 Å². The highest BCUT2D eigenvalue weighted by atomic mass is 16.3. The van der Waals surface area contributed by atoms with Crippen molar-refractivity contribution in [2.45, 2.75) is 40.7 Å². The lowest BCUT2D eigenvalue weighted by Gasteiger charge is -2.10. The summed E-state index contributed by atoms with van der Waals surface area (Å²) >= 11 is 0. The molecular weight excluding hydrogens is 178 g/mol. The van der Waals surface area contributed by atoms with Gasteiger partial charge in [-0.25, -0.2) is 0 Å². The van der Waals surface area contributed by atoms with E-state index in [1.54, 1.807) is 0 Å². The van der Waals surface area contributed by atoms with Crippen LogP contribution in [0.4, 0.5) is 0 Å². The summed E-state index contributed by atoms with van der Waals surface area (Å²) in [5.74, 6) is 1.11. The Labute approximate surface area is 87.7 Å². The van der Waals surface area contributed by atoms with E-state index in [2.05, 4.69) is 0 Å². The third-order valence-corrected chi connectivity index (χ3v) is 2.33. The van der Waals surface area contributed by atoms with Gasteiger partial charge in [0.15, 0.2) is 0 Å². The Bertz CT molecular complexity index is 135. The second-order valence-corrected chi connectivity index (χ2v) is 4.33. The highest BCUT2D eigenvalue weighted by molar-refractivity contribution is 5.52. The molecule has 0 aliphatic rings. The zero-order chi connectivity index (χ0) is 11.7. The predicted molar refractivity (Wildman–Crippen MR) is 60.0 cm³/mol. The molecule has 0 rings (SSSR count). The summed E-state index contributed by atoms with van der Waals surface area (Å²) in [6, 6.07) is -0.0417. The highest BCUT2D eigenvalue weighted by Gasteiger charge is 2.03. The molecule has 0 fully saturated rings. The third-order valence-electron chi connectivity index (χ3n) is 2.33. The lowest BCUT2D eigenvalue weighted by Crippen LogP contribution is -2.29. The first-order valence-electron chi connectivity index (χ1n) is 5.18. The average molecular weight is 203 g/mol. The van der Waals surface area contributed by atoms with Crippen LogP contribution in [0.3, 0.4) is 0 Å². The Kier molecular flexibility index (Phi) is 10.5. The van der Waals surface area contributed by atoms with Crippen LogP contribution in [0.1, 0.15) is 34.6 Å². The number of hydrogen-bond donors (Lipinski definition) is 2. The van der Waals surface area contributed by atoms with E-state index in [4.69, 9.17) is 10.8 Å². The van der Waals surface area contributed by atoms with Gasteiger partial charge >= 0.3 is 0 Å². The van der Waals surface area contributed by atoms with Crippen molar-refractivity contribution in [3.05, 3.63) is 0 Å². The summed E-state index contributed by atoms with van der Waals surface area (Å²) in [7, 11) is 0. The lowest BCUT2D eigenvalue weighted by molar-refractivity contribution is -0.111. The van der Waals surface area contributed by atoms with Crippen molar-refractivity contribution in [1.82, 2.24) is 0 Å². The monoisotopic (exact) mass is 203 g/mol. The minimum Gasteiger partial charge on any atom is -0.395 e. The van der Waals surface area contributed by atoms with Crippen LogP contribution in [-0.4, -0.2) is 24.0 Å². The van der Waals surface area contributed by atoms with E-state index < -0.39 is 0 Å². The van der Waals surface area contributed by atoms with E-state index in [1.807, 2.05) is 34.6 Å². The molecule has 0 aromatic rings. The highest BCUT2D eigenvalue weighted by Crippen LogP contribution is 2.04. The molecular formula is C11H25NO2. The summed E-state index contributed by atoms with van der Waals surface area (Å²) in [5, 5.41) is 8.38. The second kappa shape index (κ2) is 9.16. The topological polar surface area (TPSA) is 63.3 Å². The molecule has 2 atom stereocenters. The molecule has 0 saturated heterocycles. The smallest absolute Gasteiger partial charge is 0.123 e. The van der Waals surface area contributed by atoms with E-state index in [0.29, 0.717) is 11.8 Å². The molecule has 0 aromatic heterocycles. The van der Waals surface area contributed by atoms with Gasteiger partial charge < -0.3 is 15.6 Å². The molecule has 0 heterocycles. The van der Waals surface area contributed by atoms with Crippen molar-refractivity contribution in [2.24, 2.45) is 23.5 Å². The normalized spacial score (nSPS) is 14.6. The largest absolute Gasteiger partial charge is 0.395 e. The lowest BCUT2D eigenvalue weighted by atomic mass is 10.0. The van der Waals surface area contributed by atoms with Gasteiger partial charge in [-0.1, -0.05) is 34.6 Å². The Morgan fingerprint density at radius 2 is 1.57 bits per heavy atom. The van der Waals surface area contributed by atoms with Crippen LogP contribution in [0.25, 0.3) is 0 Å². The molecule has 3 heteroatoms. The van der Waals surface area contributed by atoms with Gasteiger partial charge in [-0.3, -0.25) is 0 Å². The van der Waals surface area contributed by atoms with E-state index in [0.717, 1.165) is 6.29 Å². The van der Waals surface area contributed by atoms with E-state index >= 15 is 0 Å². The first-order chi connectivity index (χ1) is 6.36. The molecule has 0 saturated carbocycles. The van der Waals surface area contributed by atoms with Crippen LogP contribution in [0.15, 0.2) is 0 Å². The van der Waals surface area contributed by atoms with Crippen molar-refractivity contribution in [3.8, 4) is 0 Å². The fourth-order valence-corrected chi connectivity index (χ4v) is 0.368.